The topological polar surface area (TPSA) is 50.9 Å². The molecule has 1 fully saturated rings. The Morgan fingerprint density at radius 3 is 2.71 bits per heavy atom. The number of thioether (sulfide) groups is 1. The molecule has 3 aromatic rings. The van der Waals surface area contributed by atoms with E-state index < -0.39 is 6.10 Å². The van der Waals surface area contributed by atoms with Crippen LogP contribution in [0.2, 0.25) is 0 Å². The number of halogens is 1. The molecule has 1 aromatic carbocycles. The summed E-state index contributed by atoms with van der Waals surface area (Å²) in [6.07, 6.45) is 5.92. The van der Waals surface area contributed by atoms with E-state index in [1.165, 1.54) is 42.0 Å². The molecule has 28 heavy (non-hydrogen) atoms. The summed E-state index contributed by atoms with van der Waals surface area (Å²) in [6, 6.07) is 11.0. The van der Waals surface area contributed by atoms with Crippen molar-refractivity contribution >= 4 is 23.1 Å². The number of aliphatic hydroxyl groups is 1. The van der Waals surface area contributed by atoms with Gasteiger partial charge in [-0.25, -0.2) is 4.39 Å². The van der Waals surface area contributed by atoms with Crippen molar-refractivity contribution in [3.05, 3.63) is 63.9 Å². The molecule has 1 atom stereocenters. The Morgan fingerprint density at radius 2 is 1.96 bits per heavy atom. The van der Waals surface area contributed by atoms with Gasteiger partial charge in [0.15, 0.2) is 5.16 Å². The first-order valence-electron chi connectivity index (χ1n) is 9.74. The molecule has 0 saturated heterocycles. The van der Waals surface area contributed by atoms with E-state index in [1.807, 2.05) is 0 Å². The van der Waals surface area contributed by atoms with Crippen molar-refractivity contribution < 1.29 is 9.50 Å². The van der Waals surface area contributed by atoms with E-state index in [4.69, 9.17) is 0 Å². The van der Waals surface area contributed by atoms with Crippen molar-refractivity contribution in [2.75, 3.05) is 5.75 Å². The third-order valence-corrected chi connectivity index (χ3v) is 7.12. The van der Waals surface area contributed by atoms with Gasteiger partial charge in [-0.05, 0) is 30.4 Å². The van der Waals surface area contributed by atoms with Crippen molar-refractivity contribution in [2.24, 2.45) is 0 Å². The quantitative estimate of drug-likeness (QED) is 0.523. The number of aliphatic hydroxyl groups excluding tert-OH is 1. The first-order chi connectivity index (χ1) is 13.7. The summed E-state index contributed by atoms with van der Waals surface area (Å²) in [4.78, 5) is 1.27. The number of benzene rings is 1. The average Bonchev–Trinajstić information content (AvgIpc) is 3.37. The third-order valence-electron chi connectivity index (χ3n) is 5.22. The Morgan fingerprint density at radius 1 is 1.14 bits per heavy atom. The monoisotopic (exact) mass is 417 g/mol. The van der Waals surface area contributed by atoms with Gasteiger partial charge in [-0.1, -0.05) is 55.3 Å². The zero-order valence-corrected chi connectivity index (χ0v) is 17.3. The Balaban J connectivity index is 1.54. The van der Waals surface area contributed by atoms with Gasteiger partial charge in [0.05, 0.1) is 6.10 Å². The summed E-state index contributed by atoms with van der Waals surface area (Å²) < 4.78 is 16.2. The van der Waals surface area contributed by atoms with E-state index in [9.17, 15) is 9.50 Å². The van der Waals surface area contributed by atoms with Crippen LogP contribution in [0.5, 0.6) is 0 Å². The fourth-order valence-electron chi connectivity index (χ4n) is 3.79. The van der Waals surface area contributed by atoms with Crippen molar-refractivity contribution in [2.45, 2.75) is 55.8 Å². The third kappa shape index (κ3) is 4.47. The number of hydrogen-bond donors (Lipinski definition) is 1. The molecule has 2 heterocycles. The number of hydrogen-bond acceptors (Lipinski definition) is 5. The second kappa shape index (κ2) is 9.20. The first kappa shape index (κ1) is 19.6. The zero-order chi connectivity index (χ0) is 19.3. The van der Waals surface area contributed by atoms with Crippen LogP contribution in [0, 0.1) is 5.82 Å². The SMILES string of the molecule is O[C@H](CSc1nnc(Cc2cccs2)n1C1CCCCC1)c1ccccc1F. The van der Waals surface area contributed by atoms with Gasteiger partial charge in [0.1, 0.15) is 11.6 Å². The highest BCUT2D eigenvalue weighted by atomic mass is 32.2. The summed E-state index contributed by atoms with van der Waals surface area (Å²) in [7, 11) is 0. The number of thiophene rings is 1. The normalized spacial score (nSPS) is 16.4. The van der Waals surface area contributed by atoms with Gasteiger partial charge in [0, 0.05) is 28.7 Å². The molecule has 0 radical (unpaired) electrons. The summed E-state index contributed by atoms with van der Waals surface area (Å²) in [5, 5.41) is 22.3. The van der Waals surface area contributed by atoms with Gasteiger partial charge in [-0.15, -0.1) is 21.5 Å². The lowest BCUT2D eigenvalue weighted by Crippen LogP contribution is -2.17. The van der Waals surface area contributed by atoms with Crippen LogP contribution in [0.4, 0.5) is 4.39 Å². The lowest BCUT2D eigenvalue weighted by Gasteiger charge is -2.25. The minimum atomic E-state index is -0.872. The Labute approximate surface area is 172 Å². The fraction of sp³-hybridized carbons (Fsp3) is 0.429. The van der Waals surface area contributed by atoms with Gasteiger partial charge in [-0.2, -0.15) is 0 Å². The van der Waals surface area contributed by atoms with Crippen molar-refractivity contribution in [1.29, 1.82) is 0 Å². The van der Waals surface area contributed by atoms with E-state index in [0.29, 0.717) is 17.4 Å². The van der Waals surface area contributed by atoms with Crippen molar-refractivity contribution in [3.63, 3.8) is 0 Å². The lowest BCUT2D eigenvalue weighted by molar-refractivity contribution is 0.198. The van der Waals surface area contributed by atoms with E-state index in [0.717, 1.165) is 30.2 Å². The van der Waals surface area contributed by atoms with Crippen LogP contribution in [0.3, 0.4) is 0 Å². The molecular weight excluding hydrogens is 393 g/mol. The Hall–Kier alpha value is -1.70. The molecule has 2 aromatic heterocycles. The van der Waals surface area contributed by atoms with Crippen LogP contribution in [-0.2, 0) is 6.42 Å². The van der Waals surface area contributed by atoms with Crippen LogP contribution in [0.1, 0.15) is 60.5 Å². The van der Waals surface area contributed by atoms with Crippen LogP contribution in [0.15, 0.2) is 46.9 Å². The van der Waals surface area contributed by atoms with Gasteiger partial charge in [0.25, 0.3) is 0 Å². The highest BCUT2D eigenvalue weighted by molar-refractivity contribution is 7.99. The molecular formula is C21H24FN3OS2. The maximum absolute atomic E-state index is 14.0. The van der Waals surface area contributed by atoms with Crippen LogP contribution < -0.4 is 0 Å². The maximum atomic E-state index is 14.0. The molecule has 0 aliphatic heterocycles. The van der Waals surface area contributed by atoms with Crippen LogP contribution in [-0.4, -0.2) is 25.6 Å². The smallest absolute Gasteiger partial charge is 0.191 e. The number of nitrogens with zero attached hydrogens (tertiary/aromatic N) is 3. The summed E-state index contributed by atoms with van der Waals surface area (Å²) in [6.45, 7) is 0. The minimum Gasteiger partial charge on any atom is -0.387 e. The minimum absolute atomic E-state index is 0.331. The molecule has 0 unspecified atom stereocenters. The van der Waals surface area contributed by atoms with Crippen molar-refractivity contribution in [3.8, 4) is 0 Å². The van der Waals surface area contributed by atoms with Gasteiger partial charge >= 0.3 is 0 Å². The predicted molar refractivity (Wildman–Crippen MR) is 111 cm³/mol. The van der Waals surface area contributed by atoms with Gasteiger partial charge < -0.3 is 9.67 Å². The average molecular weight is 418 g/mol. The van der Waals surface area contributed by atoms with E-state index >= 15 is 0 Å². The molecule has 7 heteroatoms. The van der Waals surface area contributed by atoms with Crippen LogP contribution >= 0.6 is 23.1 Å². The standard InChI is InChI=1S/C21H24FN3OS2/c22-18-11-5-4-10-17(18)19(26)14-28-21-24-23-20(13-16-9-6-12-27-16)25(21)15-7-2-1-3-8-15/h4-6,9-12,15,19,26H,1-3,7-8,13-14H2/t19-/m1/s1. The molecule has 0 spiro atoms. The summed E-state index contributed by atoms with van der Waals surface area (Å²) >= 11 is 3.19. The molecule has 4 nitrogen and oxygen atoms in total. The molecule has 148 valence electrons. The zero-order valence-electron chi connectivity index (χ0n) is 15.6. The fourth-order valence-corrected chi connectivity index (χ4v) is 5.47. The molecule has 1 N–H and O–H groups in total. The Bertz CT molecular complexity index is 891. The lowest BCUT2D eigenvalue weighted by atomic mass is 9.95. The van der Waals surface area contributed by atoms with Gasteiger partial charge in [0.2, 0.25) is 0 Å². The molecule has 4 rings (SSSR count). The van der Waals surface area contributed by atoms with E-state index in [2.05, 4.69) is 32.3 Å². The second-order valence-corrected chi connectivity index (χ2v) is 9.18. The predicted octanol–water partition coefficient (Wildman–Crippen LogP) is 5.40. The van der Waals surface area contributed by atoms with E-state index in [-0.39, 0.29) is 5.82 Å². The molecule has 1 saturated carbocycles. The highest BCUT2D eigenvalue weighted by Crippen LogP contribution is 2.34. The molecule has 0 amide bonds. The number of rotatable bonds is 7. The highest BCUT2D eigenvalue weighted by Gasteiger charge is 2.24. The second-order valence-electron chi connectivity index (χ2n) is 7.17. The van der Waals surface area contributed by atoms with Crippen molar-refractivity contribution in [1.82, 2.24) is 14.8 Å². The maximum Gasteiger partial charge on any atom is 0.191 e. The molecule has 1 aliphatic rings. The largest absolute Gasteiger partial charge is 0.387 e. The summed E-state index contributed by atoms with van der Waals surface area (Å²) in [5.74, 6) is 0.963. The molecule has 0 bridgehead atoms. The van der Waals surface area contributed by atoms with Gasteiger partial charge in [-0.3, -0.25) is 0 Å². The first-order valence-corrected chi connectivity index (χ1v) is 11.6. The molecule has 1 aliphatic carbocycles. The van der Waals surface area contributed by atoms with Crippen LogP contribution in [0.25, 0.3) is 0 Å². The Kier molecular flexibility index (Phi) is 6.44. The van der Waals surface area contributed by atoms with E-state index in [1.54, 1.807) is 29.5 Å². The number of aromatic nitrogens is 3. The summed E-state index contributed by atoms with van der Waals surface area (Å²) in [5.41, 5.74) is 0.331.